The Morgan fingerprint density at radius 3 is 2.13 bits per heavy atom. The highest BCUT2D eigenvalue weighted by Gasteiger charge is 2.27. The van der Waals surface area contributed by atoms with Crippen molar-refractivity contribution in [3.8, 4) is 0 Å². The molecule has 0 aromatic heterocycles. The number of rotatable bonds is 4. The lowest BCUT2D eigenvalue weighted by Crippen LogP contribution is -2.40. The maximum absolute atomic E-state index is 12.6. The molecule has 1 heterocycles. The molecule has 23 heavy (non-hydrogen) atoms. The fraction of sp³-hybridized carbons (Fsp3) is 0.600. The maximum atomic E-state index is 12.6. The fourth-order valence-corrected chi connectivity index (χ4v) is 3.15. The number of Topliss-reactive ketones (excluding diaryl/α,β-unsaturated/α-hetero) is 1. The summed E-state index contributed by atoms with van der Waals surface area (Å²) in [7, 11) is 0. The highest BCUT2D eigenvalue weighted by atomic mass is 16.2. The van der Waals surface area contributed by atoms with Crippen LogP contribution in [-0.4, -0.2) is 29.7 Å². The molecule has 1 amide bonds. The van der Waals surface area contributed by atoms with E-state index in [9.17, 15) is 9.59 Å². The molecule has 0 spiro atoms. The standard InChI is InChI=1S/C20H29NO2/c1-5-6-18(22)15-11-13-21(14-12-15)19(23)16-7-9-17(10-8-16)20(2,3)4/h7-10,15H,5-6,11-14H2,1-4H3. The number of piperidine rings is 1. The molecule has 0 unspecified atom stereocenters. The first kappa shape index (κ1) is 17.7. The Morgan fingerprint density at radius 1 is 1.09 bits per heavy atom. The molecule has 1 saturated heterocycles. The van der Waals surface area contributed by atoms with Crippen molar-refractivity contribution >= 4 is 11.7 Å². The van der Waals surface area contributed by atoms with Crippen molar-refractivity contribution in [2.45, 2.75) is 58.8 Å². The van der Waals surface area contributed by atoms with Crippen LogP contribution in [0.5, 0.6) is 0 Å². The van der Waals surface area contributed by atoms with Crippen LogP contribution in [-0.2, 0) is 10.2 Å². The SMILES string of the molecule is CCCC(=O)C1CCN(C(=O)c2ccc(C(C)(C)C)cc2)CC1. The molecule has 1 fully saturated rings. The second-order valence-electron chi connectivity index (χ2n) is 7.61. The Morgan fingerprint density at radius 2 is 1.65 bits per heavy atom. The summed E-state index contributed by atoms with van der Waals surface area (Å²) in [6.45, 7) is 9.93. The van der Waals surface area contributed by atoms with Crippen molar-refractivity contribution in [2.24, 2.45) is 5.92 Å². The van der Waals surface area contributed by atoms with Gasteiger partial charge in [-0.2, -0.15) is 0 Å². The number of hydrogen-bond acceptors (Lipinski definition) is 2. The molecule has 1 aromatic rings. The predicted molar refractivity (Wildman–Crippen MR) is 93.7 cm³/mol. The Balaban J connectivity index is 1.96. The molecule has 126 valence electrons. The minimum Gasteiger partial charge on any atom is -0.339 e. The van der Waals surface area contributed by atoms with E-state index in [-0.39, 0.29) is 17.2 Å². The van der Waals surface area contributed by atoms with E-state index in [0.29, 0.717) is 25.3 Å². The highest BCUT2D eigenvalue weighted by molar-refractivity contribution is 5.94. The van der Waals surface area contributed by atoms with Gasteiger partial charge in [-0.15, -0.1) is 0 Å². The molecular formula is C20H29NO2. The van der Waals surface area contributed by atoms with Crippen LogP contribution in [0.2, 0.25) is 0 Å². The van der Waals surface area contributed by atoms with Gasteiger partial charge in [-0.1, -0.05) is 39.8 Å². The van der Waals surface area contributed by atoms with Crippen LogP contribution in [0.1, 0.15) is 69.3 Å². The molecule has 2 rings (SSSR count). The lowest BCUT2D eigenvalue weighted by Gasteiger charge is -2.31. The van der Waals surface area contributed by atoms with E-state index < -0.39 is 0 Å². The van der Waals surface area contributed by atoms with Gasteiger partial charge in [-0.25, -0.2) is 0 Å². The average molecular weight is 315 g/mol. The summed E-state index contributed by atoms with van der Waals surface area (Å²) in [5.74, 6) is 0.614. The second kappa shape index (κ2) is 7.29. The Bertz CT molecular complexity index is 546. The van der Waals surface area contributed by atoms with Crippen LogP contribution in [0.4, 0.5) is 0 Å². The fourth-order valence-electron chi connectivity index (χ4n) is 3.15. The smallest absolute Gasteiger partial charge is 0.253 e. The maximum Gasteiger partial charge on any atom is 0.253 e. The third-order valence-electron chi connectivity index (χ3n) is 4.73. The molecule has 1 aromatic carbocycles. The number of benzene rings is 1. The molecule has 0 aliphatic carbocycles. The van der Waals surface area contributed by atoms with Gasteiger partial charge in [0.25, 0.3) is 5.91 Å². The number of carbonyl (C=O) groups is 2. The van der Waals surface area contributed by atoms with Crippen LogP contribution in [0.15, 0.2) is 24.3 Å². The molecule has 0 radical (unpaired) electrons. The first-order valence-corrected chi connectivity index (χ1v) is 8.75. The summed E-state index contributed by atoms with van der Waals surface area (Å²) in [6, 6.07) is 7.95. The van der Waals surface area contributed by atoms with Crippen molar-refractivity contribution in [3.63, 3.8) is 0 Å². The molecule has 1 aliphatic rings. The molecule has 3 heteroatoms. The lowest BCUT2D eigenvalue weighted by molar-refractivity contribution is -0.124. The van der Waals surface area contributed by atoms with Gasteiger partial charge in [0.1, 0.15) is 5.78 Å². The third-order valence-corrected chi connectivity index (χ3v) is 4.73. The number of amides is 1. The third kappa shape index (κ3) is 4.43. The van der Waals surface area contributed by atoms with Gasteiger partial charge in [0.2, 0.25) is 0 Å². The van der Waals surface area contributed by atoms with Crippen LogP contribution in [0.3, 0.4) is 0 Å². The van der Waals surface area contributed by atoms with E-state index in [2.05, 4.69) is 20.8 Å². The number of carbonyl (C=O) groups excluding carboxylic acids is 2. The molecule has 3 nitrogen and oxygen atoms in total. The van der Waals surface area contributed by atoms with E-state index in [1.807, 2.05) is 36.1 Å². The van der Waals surface area contributed by atoms with Crippen molar-refractivity contribution in [1.29, 1.82) is 0 Å². The Hall–Kier alpha value is -1.64. The molecule has 0 bridgehead atoms. The van der Waals surface area contributed by atoms with E-state index >= 15 is 0 Å². The number of ketones is 1. The summed E-state index contributed by atoms with van der Waals surface area (Å²) >= 11 is 0. The van der Waals surface area contributed by atoms with E-state index in [1.165, 1.54) is 5.56 Å². The Kier molecular flexibility index (Phi) is 5.61. The predicted octanol–water partition coefficient (Wildman–Crippen LogP) is 4.21. The molecule has 0 N–H and O–H groups in total. The largest absolute Gasteiger partial charge is 0.339 e. The van der Waals surface area contributed by atoms with E-state index in [0.717, 1.165) is 24.8 Å². The van der Waals surface area contributed by atoms with Gasteiger partial charge in [-0.3, -0.25) is 9.59 Å². The normalized spacial score (nSPS) is 16.4. The van der Waals surface area contributed by atoms with Crippen LogP contribution < -0.4 is 0 Å². The van der Waals surface area contributed by atoms with Gasteiger partial charge in [0.05, 0.1) is 0 Å². The van der Waals surface area contributed by atoms with Crippen LogP contribution in [0, 0.1) is 5.92 Å². The number of hydrogen-bond donors (Lipinski definition) is 0. The zero-order chi connectivity index (χ0) is 17.0. The van der Waals surface area contributed by atoms with Crippen LogP contribution >= 0.6 is 0 Å². The number of likely N-dealkylation sites (tertiary alicyclic amines) is 1. The average Bonchev–Trinajstić information content (AvgIpc) is 2.54. The lowest BCUT2D eigenvalue weighted by atomic mass is 9.86. The minimum absolute atomic E-state index is 0.0897. The van der Waals surface area contributed by atoms with Gasteiger partial charge >= 0.3 is 0 Å². The highest BCUT2D eigenvalue weighted by Crippen LogP contribution is 2.24. The summed E-state index contributed by atoms with van der Waals surface area (Å²) < 4.78 is 0. The molecular weight excluding hydrogens is 286 g/mol. The zero-order valence-corrected chi connectivity index (χ0v) is 14.9. The second-order valence-corrected chi connectivity index (χ2v) is 7.61. The molecule has 0 saturated carbocycles. The van der Waals surface area contributed by atoms with Crippen molar-refractivity contribution in [2.75, 3.05) is 13.1 Å². The zero-order valence-electron chi connectivity index (χ0n) is 14.9. The number of nitrogens with zero attached hydrogens (tertiary/aromatic N) is 1. The summed E-state index contributed by atoms with van der Waals surface area (Å²) in [4.78, 5) is 26.5. The minimum atomic E-state index is 0.0897. The van der Waals surface area contributed by atoms with E-state index in [4.69, 9.17) is 0 Å². The van der Waals surface area contributed by atoms with Crippen molar-refractivity contribution in [1.82, 2.24) is 4.90 Å². The first-order chi connectivity index (χ1) is 10.8. The Labute approximate surface area is 140 Å². The van der Waals surface area contributed by atoms with Crippen molar-refractivity contribution < 1.29 is 9.59 Å². The first-order valence-electron chi connectivity index (χ1n) is 8.75. The molecule has 0 atom stereocenters. The van der Waals surface area contributed by atoms with E-state index in [1.54, 1.807) is 0 Å². The summed E-state index contributed by atoms with van der Waals surface area (Å²) in [5, 5.41) is 0. The van der Waals surface area contributed by atoms with Crippen LogP contribution in [0.25, 0.3) is 0 Å². The topological polar surface area (TPSA) is 37.4 Å². The summed E-state index contributed by atoms with van der Waals surface area (Å²) in [6.07, 6.45) is 3.21. The monoisotopic (exact) mass is 315 g/mol. The van der Waals surface area contributed by atoms with Gasteiger partial charge in [-0.05, 0) is 42.4 Å². The summed E-state index contributed by atoms with van der Waals surface area (Å²) in [5.41, 5.74) is 2.08. The molecule has 1 aliphatic heterocycles. The van der Waals surface area contributed by atoms with Crippen molar-refractivity contribution in [3.05, 3.63) is 35.4 Å². The van der Waals surface area contributed by atoms with Gasteiger partial charge in [0, 0.05) is 31.0 Å². The quantitative estimate of drug-likeness (QED) is 0.835. The van der Waals surface area contributed by atoms with Gasteiger partial charge < -0.3 is 4.90 Å². The van der Waals surface area contributed by atoms with Gasteiger partial charge in [0.15, 0.2) is 0 Å².